The molecule has 5 heavy (non-hydrogen) atoms. The quantitative estimate of drug-likeness (QED) is 0.296. The minimum atomic E-state index is -3.11. The van der Waals surface area contributed by atoms with E-state index in [-0.39, 0.29) is 39.2 Å². The van der Waals surface area contributed by atoms with Crippen LogP contribution in [0.2, 0.25) is 0 Å². The van der Waals surface area contributed by atoms with Crippen molar-refractivity contribution in [1.29, 1.82) is 0 Å². The average Bonchev–Trinajstić information content (AvgIpc) is 0.811. The molecule has 0 amide bonds. The number of hydrogen-bond acceptors (Lipinski definition) is 3. The maximum Gasteiger partial charge on any atom is 2.00 e. The van der Waals surface area contributed by atoms with Crippen LogP contribution in [0.1, 0.15) is 1.43 Å². The first-order valence-electron chi connectivity index (χ1n) is 0.500. The third kappa shape index (κ3) is 33.4. The van der Waals surface area contributed by atoms with E-state index in [1.165, 1.54) is 0 Å². The summed E-state index contributed by atoms with van der Waals surface area (Å²) in [7, 11) is 0. The molecule has 5 heteroatoms. The summed E-state index contributed by atoms with van der Waals surface area (Å²) in [5.41, 5.74) is 0. The molecule has 0 aromatic carbocycles. The van der Waals surface area contributed by atoms with E-state index in [2.05, 4.69) is 0 Å². The smallest absolute Gasteiger partial charge is 0.784 e. The van der Waals surface area contributed by atoms with E-state index in [0.717, 1.165) is 0 Å². The molecule has 0 N–H and O–H groups in total. The first-order chi connectivity index (χ1) is 1.73. The summed E-state index contributed by atoms with van der Waals surface area (Å²) in [5, 5.41) is 0. The molecule has 0 aliphatic heterocycles. The summed E-state index contributed by atoms with van der Waals surface area (Å²) < 4.78 is 25.3. The van der Waals surface area contributed by atoms with Crippen LogP contribution in [0.15, 0.2) is 0 Å². The molecule has 0 atom stereocenters. The second-order valence-electron chi connectivity index (χ2n) is 0.204. The molecule has 0 spiro atoms. The van der Waals surface area contributed by atoms with Crippen molar-refractivity contribution >= 4 is 49.1 Å². The van der Waals surface area contributed by atoms with E-state index in [1.807, 2.05) is 0 Å². The molecule has 0 saturated heterocycles. The van der Waals surface area contributed by atoms with Gasteiger partial charge in [0, 0.05) is 0 Å². The van der Waals surface area contributed by atoms with Gasteiger partial charge in [-0.05, 0) is 0 Å². The van der Waals surface area contributed by atoms with Gasteiger partial charge < -0.3 is 9.11 Å². The molecule has 0 bridgehead atoms. The monoisotopic (exact) mass is 121 g/mol. The van der Waals surface area contributed by atoms with Crippen LogP contribution >= 0.6 is 0 Å². The van der Waals surface area contributed by atoms with Gasteiger partial charge in [-0.2, -0.15) is 0 Å². The van der Waals surface area contributed by atoms with Crippen molar-refractivity contribution in [3.63, 3.8) is 0 Å². The summed E-state index contributed by atoms with van der Waals surface area (Å²) >= 11 is -3.11. The molecule has 0 aliphatic rings. The van der Waals surface area contributed by atoms with Crippen LogP contribution in [0.3, 0.4) is 0 Å². The maximum absolute atomic E-state index is 8.44. The van der Waals surface area contributed by atoms with Crippen LogP contribution in [-0.4, -0.2) is 51.1 Å². The second-order valence-corrected chi connectivity index (χ2v) is 0.612. The van der Waals surface area contributed by atoms with Crippen molar-refractivity contribution < 1.29 is 14.7 Å². The Hall–Kier alpha value is 1.33. The molecule has 0 aliphatic carbocycles. The van der Waals surface area contributed by atoms with Crippen molar-refractivity contribution in [2.45, 2.75) is 0 Å². The molecule has 26 valence electrons. The van der Waals surface area contributed by atoms with E-state index in [0.29, 0.717) is 0 Å². The molecule has 0 fully saturated rings. The fourth-order valence-corrected chi connectivity index (χ4v) is 0. The minimum Gasteiger partial charge on any atom is -0.784 e. The topological polar surface area (TPSA) is 63.2 Å². The first kappa shape index (κ1) is 9.59. The van der Waals surface area contributed by atoms with E-state index >= 15 is 0 Å². The van der Waals surface area contributed by atoms with Gasteiger partial charge in [0.05, 0.1) is 0 Å². The summed E-state index contributed by atoms with van der Waals surface area (Å²) in [5.74, 6) is 0. The van der Waals surface area contributed by atoms with Crippen LogP contribution in [-0.2, 0) is 11.4 Å². The van der Waals surface area contributed by atoms with Crippen LogP contribution in [0.5, 0.6) is 0 Å². The van der Waals surface area contributed by atoms with Crippen LogP contribution in [0, 0.1) is 0 Å². The molecule has 0 unspecified atom stereocenters. The van der Waals surface area contributed by atoms with Gasteiger partial charge in [0.1, 0.15) is 0 Å². The van der Waals surface area contributed by atoms with Gasteiger partial charge in [-0.15, -0.1) is 11.4 Å². The zero-order valence-corrected chi connectivity index (χ0v) is 5.36. The molecule has 0 aromatic heterocycles. The summed E-state index contributed by atoms with van der Waals surface area (Å²) in [6.45, 7) is 0. The Morgan fingerprint density at radius 1 is 1.60 bits per heavy atom. The molecule has 3 nitrogen and oxygen atoms in total. The molecule has 0 aromatic rings. The van der Waals surface area contributed by atoms with Crippen LogP contribution in [0.25, 0.3) is 0 Å². The van der Waals surface area contributed by atoms with E-state index in [1.54, 1.807) is 0 Å². The molecular weight excluding hydrogens is 120 g/mol. The standard InChI is InChI=1S/Ca.H2O3S/c;1-4(2)3/h;(H2,1,2,3)/q+2;/p-1. The Kier molecular flexibility index (Phi) is 10.2. The summed E-state index contributed by atoms with van der Waals surface area (Å²) in [6, 6.07) is 0. The predicted molar refractivity (Wildman–Crippen MR) is 16.6 cm³/mol. The van der Waals surface area contributed by atoms with Crippen molar-refractivity contribution in [2.24, 2.45) is 0 Å². The Labute approximate surface area is 63.4 Å². The molecule has 0 saturated carbocycles. The van der Waals surface area contributed by atoms with Crippen LogP contribution < -0.4 is 0 Å². The Morgan fingerprint density at radius 2 is 1.60 bits per heavy atom. The molecule has 0 radical (unpaired) electrons. The number of hydrogen-bond donors (Lipinski definition) is 0. The number of rotatable bonds is 0. The van der Waals surface area contributed by atoms with Crippen molar-refractivity contribution in [3.8, 4) is 0 Å². The zero-order chi connectivity index (χ0) is 3.58. The van der Waals surface area contributed by atoms with E-state index in [9.17, 15) is 0 Å². The van der Waals surface area contributed by atoms with Gasteiger partial charge in [0.15, 0.2) is 0 Å². The Morgan fingerprint density at radius 3 is 1.60 bits per heavy atom. The van der Waals surface area contributed by atoms with Crippen molar-refractivity contribution in [2.75, 3.05) is 0 Å². The SMILES string of the molecule is O=S([O-])[O-].[Ca+2].[H+]. The van der Waals surface area contributed by atoms with Gasteiger partial charge in [-0.25, -0.2) is 0 Å². The normalized spacial score (nSPS) is 7.00. The second kappa shape index (κ2) is 5.33. The van der Waals surface area contributed by atoms with Gasteiger partial charge in [-0.1, -0.05) is 0 Å². The van der Waals surface area contributed by atoms with E-state index in [4.69, 9.17) is 13.3 Å². The maximum atomic E-state index is 8.44. The zero-order valence-electron chi connectivity index (χ0n) is 3.34. The Balaban J connectivity index is -0.0000000450. The fraction of sp³-hybridized carbons (Fsp3) is 0. The average molecular weight is 121 g/mol. The molecular formula is HCaO3S+. The molecule has 0 heterocycles. The van der Waals surface area contributed by atoms with Gasteiger partial charge >= 0.3 is 39.2 Å². The largest absolute Gasteiger partial charge is 2.00 e. The minimum absolute atomic E-state index is 0. The van der Waals surface area contributed by atoms with Gasteiger partial charge in [0.25, 0.3) is 0 Å². The fourth-order valence-electron chi connectivity index (χ4n) is 0. The van der Waals surface area contributed by atoms with Gasteiger partial charge in [0.2, 0.25) is 0 Å². The Bertz CT molecular complexity index is 33.8. The van der Waals surface area contributed by atoms with E-state index < -0.39 is 11.4 Å². The van der Waals surface area contributed by atoms with Gasteiger partial charge in [-0.3, -0.25) is 4.21 Å². The third-order valence-corrected chi connectivity index (χ3v) is 0. The third-order valence-electron chi connectivity index (χ3n) is 0. The van der Waals surface area contributed by atoms with Crippen molar-refractivity contribution in [1.82, 2.24) is 0 Å². The first-order valence-corrected chi connectivity index (χ1v) is 1.50. The summed E-state index contributed by atoms with van der Waals surface area (Å²) in [6.07, 6.45) is 0. The molecule has 0 rings (SSSR count). The predicted octanol–water partition coefficient (Wildman–Crippen LogP) is -1.27. The van der Waals surface area contributed by atoms with Crippen LogP contribution in [0.4, 0.5) is 0 Å². The summed E-state index contributed by atoms with van der Waals surface area (Å²) in [4.78, 5) is 0. The van der Waals surface area contributed by atoms with Crippen molar-refractivity contribution in [3.05, 3.63) is 0 Å².